The topological polar surface area (TPSA) is 34.9 Å². The van der Waals surface area contributed by atoms with E-state index in [-0.39, 0.29) is 5.91 Å². The summed E-state index contributed by atoms with van der Waals surface area (Å²) in [6, 6.07) is 16.2. The molecule has 3 aromatic rings. The van der Waals surface area contributed by atoms with Gasteiger partial charge in [-0.05, 0) is 43.0 Å². The molecule has 0 unspecified atom stereocenters. The molecule has 0 N–H and O–H groups in total. The minimum absolute atomic E-state index is 0.109. The standard InChI is InChI=1S/C18H18N2O/c1-14-10-11-17-16(12-14)19-13-20(17)18(21)9-5-8-15-6-3-2-4-7-15/h2-4,6-7,10-13H,5,8-9H2,1H3. The van der Waals surface area contributed by atoms with Crippen molar-refractivity contribution in [3.05, 3.63) is 66.0 Å². The summed E-state index contributed by atoms with van der Waals surface area (Å²) in [5, 5.41) is 0. The van der Waals surface area contributed by atoms with E-state index < -0.39 is 0 Å². The molecular formula is C18H18N2O. The molecule has 1 heterocycles. The highest BCUT2D eigenvalue weighted by Crippen LogP contribution is 2.15. The molecule has 3 nitrogen and oxygen atoms in total. The molecule has 3 rings (SSSR count). The summed E-state index contributed by atoms with van der Waals surface area (Å²) in [6.45, 7) is 2.03. The molecular weight excluding hydrogens is 260 g/mol. The van der Waals surface area contributed by atoms with Crippen LogP contribution in [0.5, 0.6) is 0 Å². The molecule has 0 bridgehead atoms. The second-order valence-electron chi connectivity index (χ2n) is 5.34. The van der Waals surface area contributed by atoms with Crippen LogP contribution >= 0.6 is 0 Å². The van der Waals surface area contributed by atoms with Gasteiger partial charge in [-0.1, -0.05) is 36.4 Å². The minimum atomic E-state index is 0.109. The lowest BCUT2D eigenvalue weighted by atomic mass is 10.1. The molecule has 106 valence electrons. The van der Waals surface area contributed by atoms with Gasteiger partial charge in [0.05, 0.1) is 11.0 Å². The Kier molecular flexibility index (Phi) is 3.82. The molecule has 0 fully saturated rings. The molecule has 0 aliphatic carbocycles. The lowest BCUT2D eigenvalue weighted by Gasteiger charge is -2.04. The number of carbonyl (C=O) groups excluding carboxylic acids is 1. The van der Waals surface area contributed by atoms with Gasteiger partial charge in [-0.15, -0.1) is 0 Å². The van der Waals surface area contributed by atoms with E-state index in [1.54, 1.807) is 10.9 Å². The zero-order chi connectivity index (χ0) is 14.7. The van der Waals surface area contributed by atoms with Crippen molar-refractivity contribution >= 4 is 16.9 Å². The van der Waals surface area contributed by atoms with Crippen molar-refractivity contribution in [2.75, 3.05) is 0 Å². The van der Waals surface area contributed by atoms with Crippen LogP contribution in [0, 0.1) is 6.92 Å². The van der Waals surface area contributed by atoms with Crippen molar-refractivity contribution < 1.29 is 4.79 Å². The van der Waals surface area contributed by atoms with E-state index in [1.807, 2.05) is 43.3 Å². The number of hydrogen-bond donors (Lipinski definition) is 0. The monoisotopic (exact) mass is 278 g/mol. The Morgan fingerprint density at radius 3 is 2.76 bits per heavy atom. The lowest BCUT2D eigenvalue weighted by Crippen LogP contribution is -2.09. The van der Waals surface area contributed by atoms with Crippen molar-refractivity contribution in [1.82, 2.24) is 9.55 Å². The van der Waals surface area contributed by atoms with Gasteiger partial charge in [0.25, 0.3) is 0 Å². The third-order valence-corrected chi connectivity index (χ3v) is 3.67. The van der Waals surface area contributed by atoms with Gasteiger partial charge in [0.15, 0.2) is 0 Å². The molecule has 0 atom stereocenters. The first-order valence-electron chi connectivity index (χ1n) is 7.25. The molecule has 0 aliphatic heterocycles. The van der Waals surface area contributed by atoms with Gasteiger partial charge >= 0.3 is 0 Å². The number of aryl methyl sites for hydroxylation is 2. The van der Waals surface area contributed by atoms with Gasteiger partial charge in [0.1, 0.15) is 6.33 Å². The molecule has 0 saturated heterocycles. The van der Waals surface area contributed by atoms with Crippen LogP contribution in [-0.2, 0) is 6.42 Å². The van der Waals surface area contributed by atoms with Crippen LogP contribution in [0.1, 0.15) is 28.8 Å². The maximum absolute atomic E-state index is 12.3. The third-order valence-electron chi connectivity index (χ3n) is 3.67. The first-order chi connectivity index (χ1) is 10.2. The predicted octanol–water partition coefficient (Wildman–Crippen LogP) is 4.01. The maximum atomic E-state index is 12.3. The molecule has 0 aliphatic rings. The predicted molar refractivity (Wildman–Crippen MR) is 84.5 cm³/mol. The van der Waals surface area contributed by atoms with E-state index in [2.05, 4.69) is 17.1 Å². The van der Waals surface area contributed by atoms with Crippen LogP contribution in [-0.4, -0.2) is 15.5 Å². The summed E-state index contributed by atoms with van der Waals surface area (Å²) in [5.74, 6) is 0.109. The van der Waals surface area contributed by atoms with Gasteiger partial charge in [-0.2, -0.15) is 0 Å². The molecule has 2 aromatic carbocycles. The van der Waals surface area contributed by atoms with Crippen molar-refractivity contribution in [3.8, 4) is 0 Å². The van der Waals surface area contributed by atoms with E-state index in [9.17, 15) is 4.79 Å². The number of hydrogen-bond acceptors (Lipinski definition) is 2. The van der Waals surface area contributed by atoms with Crippen LogP contribution in [0.3, 0.4) is 0 Å². The van der Waals surface area contributed by atoms with E-state index in [4.69, 9.17) is 0 Å². The largest absolute Gasteiger partial charge is 0.274 e. The fourth-order valence-corrected chi connectivity index (χ4v) is 2.53. The summed E-state index contributed by atoms with van der Waals surface area (Å²) in [7, 11) is 0. The van der Waals surface area contributed by atoms with E-state index >= 15 is 0 Å². The number of rotatable bonds is 4. The van der Waals surface area contributed by atoms with Crippen LogP contribution in [0.25, 0.3) is 11.0 Å². The Bertz CT molecular complexity index is 759. The number of fused-ring (bicyclic) bond motifs is 1. The molecule has 21 heavy (non-hydrogen) atoms. The fourth-order valence-electron chi connectivity index (χ4n) is 2.53. The van der Waals surface area contributed by atoms with Crippen LogP contribution in [0.2, 0.25) is 0 Å². The number of benzene rings is 2. The Hall–Kier alpha value is -2.42. The van der Waals surface area contributed by atoms with Gasteiger partial charge in [-0.3, -0.25) is 9.36 Å². The van der Waals surface area contributed by atoms with Crippen LogP contribution < -0.4 is 0 Å². The number of nitrogens with zero attached hydrogens (tertiary/aromatic N) is 2. The van der Waals surface area contributed by atoms with Gasteiger partial charge in [-0.25, -0.2) is 4.98 Å². The Labute approximate surface area is 124 Å². The first-order valence-corrected chi connectivity index (χ1v) is 7.25. The number of aromatic nitrogens is 2. The molecule has 0 radical (unpaired) electrons. The van der Waals surface area contributed by atoms with Crippen LogP contribution in [0.4, 0.5) is 0 Å². The van der Waals surface area contributed by atoms with Gasteiger partial charge in [0, 0.05) is 6.42 Å². The minimum Gasteiger partial charge on any atom is -0.274 e. The first kappa shape index (κ1) is 13.6. The molecule has 0 spiro atoms. The van der Waals surface area contributed by atoms with Crippen molar-refractivity contribution in [3.63, 3.8) is 0 Å². The van der Waals surface area contributed by atoms with Crippen molar-refractivity contribution in [1.29, 1.82) is 0 Å². The zero-order valence-electron chi connectivity index (χ0n) is 12.1. The molecule has 3 heteroatoms. The highest BCUT2D eigenvalue weighted by atomic mass is 16.2. The van der Waals surface area contributed by atoms with E-state index in [1.165, 1.54) is 5.56 Å². The summed E-state index contributed by atoms with van der Waals surface area (Å²) < 4.78 is 1.67. The SMILES string of the molecule is Cc1ccc2c(c1)ncn2C(=O)CCCc1ccccc1. The average molecular weight is 278 g/mol. The average Bonchev–Trinajstić information content (AvgIpc) is 2.91. The summed E-state index contributed by atoms with van der Waals surface area (Å²) in [4.78, 5) is 16.6. The molecule has 0 amide bonds. The van der Waals surface area contributed by atoms with Gasteiger partial charge < -0.3 is 0 Å². The highest BCUT2D eigenvalue weighted by molar-refractivity contribution is 5.90. The van der Waals surface area contributed by atoms with Crippen LogP contribution in [0.15, 0.2) is 54.9 Å². The molecule has 1 aromatic heterocycles. The number of carbonyl (C=O) groups is 1. The van der Waals surface area contributed by atoms with Crippen molar-refractivity contribution in [2.45, 2.75) is 26.2 Å². The lowest BCUT2D eigenvalue weighted by molar-refractivity contribution is 0.0905. The van der Waals surface area contributed by atoms with E-state index in [0.29, 0.717) is 6.42 Å². The smallest absolute Gasteiger partial charge is 0.232 e. The quantitative estimate of drug-likeness (QED) is 0.722. The second-order valence-corrected chi connectivity index (χ2v) is 5.34. The molecule has 0 saturated carbocycles. The normalized spacial score (nSPS) is 10.9. The third kappa shape index (κ3) is 3.02. The van der Waals surface area contributed by atoms with Gasteiger partial charge in [0.2, 0.25) is 5.91 Å². The second kappa shape index (κ2) is 5.92. The maximum Gasteiger partial charge on any atom is 0.232 e. The Morgan fingerprint density at radius 2 is 1.95 bits per heavy atom. The highest BCUT2D eigenvalue weighted by Gasteiger charge is 2.09. The summed E-state index contributed by atoms with van der Waals surface area (Å²) >= 11 is 0. The van der Waals surface area contributed by atoms with Crippen molar-refractivity contribution in [2.24, 2.45) is 0 Å². The summed E-state index contributed by atoms with van der Waals surface area (Å²) in [5.41, 5.74) is 4.21. The summed E-state index contributed by atoms with van der Waals surface area (Å²) in [6.07, 6.45) is 3.95. The Balaban J connectivity index is 1.67. The zero-order valence-corrected chi connectivity index (χ0v) is 12.1. The Morgan fingerprint density at radius 1 is 1.14 bits per heavy atom. The van der Waals surface area contributed by atoms with E-state index in [0.717, 1.165) is 29.4 Å². The fraction of sp³-hybridized carbons (Fsp3) is 0.222. The number of imidazole rings is 1.